The van der Waals surface area contributed by atoms with Crippen molar-refractivity contribution in [2.45, 2.75) is 71.3 Å². The zero-order valence-electron chi connectivity index (χ0n) is 19.6. The van der Waals surface area contributed by atoms with Crippen molar-refractivity contribution in [2.24, 2.45) is 0 Å². The fraction of sp³-hybridized carbons (Fsp3) is 0.520. The third-order valence-electron chi connectivity index (χ3n) is 6.11. The molecule has 0 aliphatic carbocycles. The van der Waals surface area contributed by atoms with Gasteiger partial charge in [-0.1, -0.05) is 0 Å². The number of ketones is 1. The Hall–Kier alpha value is -2.07. The molecule has 0 N–H and O–H groups in total. The molecule has 8 heteroatoms. The van der Waals surface area contributed by atoms with Crippen LogP contribution in [0.25, 0.3) is 5.57 Å². The molecule has 4 rings (SSSR count). The van der Waals surface area contributed by atoms with Crippen LogP contribution in [0.3, 0.4) is 0 Å². The van der Waals surface area contributed by atoms with Crippen LogP contribution in [0.4, 0.5) is 0 Å². The van der Waals surface area contributed by atoms with Gasteiger partial charge >= 0.3 is 141 Å². The Balaban J connectivity index is 1.37. The minimum atomic E-state index is -0.0468. The van der Waals surface area contributed by atoms with E-state index in [0.29, 0.717) is 18.1 Å². The van der Waals surface area contributed by atoms with Crippen LogP contribution in [-0.4, -0.2) is 38.9 Å². The molecular weight excluding hydrogens is 531 g/mol. The van der Waals surface area contributed by atoms with Crippen molar-refractivity contribution in [1.82, 2.24) is 19.9 Å². The van der Waals surface area contributed by atoms with Gasteiger partial charge in [-0.2, -0.15) is 5.10 Å². The van der Waals surface area contributed by atoms with Crippen LogP contribution in [-0.2, 0) is 4.74 Å². The predicted molar refractivity (Wildman–Crippen MR) is 122 cm³/mol. The summed E-state index contributed by atoms with van der Waals surface area (Å²) in [4.78, 5) is 17.7. The molecular formula is C25H32IN4O3-. The van der Waals surface area contributed by atoms with Gasteiger partial charge in [0.15, 0.2) is 0 Å². The van der Waals surface area contributed by atoms with Gasteiger partial charge in [-0.3, -0.25) is 4.68 Å². The third-order valence-corrected chi connectivity index (χ3v) is 8.23. The van der Waals surface area contributed by atoms with Gasteiger partial charge in [-0.05, 0) is 25.8 Å². The molecule has 7 nitrogen and oxygen atoms in total. The van der Waals surface area contributed by atoms with Crippen LogP contribution in [0.1, 0.15) is 92.2 Å². The van der Waals surface area contributed by atoms with Gasteiger partial charge in [-0.25, -0.2) is 0 Å². The molecule has 0 saturated carbocycles. The summed E-state index contributed by atoms with van der Waals surface area (Å²) >= 11 is -0.0468. The van der Waals surface area contributed by atoms with E-state index in [4.69, 9.17) is 14.2 Å². The Morgan fingerprint density at radius 1 is 1.30 bits per heavy atom. The van der Waals surface area contributed by atoms with E-state index in [1.54, 1.807) is 0 Å². The number of halogens is 1. The Bertz CT molecular complexity index is 1060. The van der Waals surface area contributed by atoms with Gasteiger partial charge in [-0.15, -0.1) is 0 Å². The molecule has 178 valence electrons. The average Bonchev–Trinajstić information content (AvgIpc) is 3.40. The second kappa shape index (κ2) is 11.4. The second-order valence-corrected chi connectivity index (χ2v) is 10.8. The molecule has 2 aromatic rings. The standard InChI is InChI=1S/C25H32IN4O3/c1-4-19(25-27-24(29-33-25)20-8-11-26-16-17(2)14-20)6-5-7-23(31)22-15-18(3)28-30(22)21-9-12-32-13-10-21/h8,11,14-16,19,21H,4-7,9-10,12-13H2,1-3H3/q-1/t19-/m1/s1. The van der Waals surface area contributed by atoms with E-state index in [9.17, 15) is 4.79 Å². The summed E-state index contributed by atoms with van der Waals surface area (Å²) in [5.41, 5.74) is 3.86. The number of hydrogen-bond acceptors (Lipinski definition) is 6. The molecule has 0 unspecified atom stereocenters. The maximum absolute atomic E-state index is 13.0. The first-order valence-electron chi connectivity index (χ1n) is 11.7. The summed E-state index contributed by atoms with van der Waals surface area (Å²) in [5.74, 6) is 1.62. The number of nitrogens with zero attached hydrogens (tertiary/aromatic N) is 4. The number of hydrogen-bond donors (Lipinski definition) is 0. The monoisotopic (exact) mass is 563 g/mol. The summed E-state index contributed by atoms with van der Waals surface area (Å²) < 4.78 is 17.5. The molecule has 33 heavy (non-hydrogen) atoms. The number of aromatic nitrogens is 4. The van der Waals surface area contributed by atoms with Gasteiger partial charge in [0, 0.05) is 13.2 Å². The average molecular weight is 563 g/mol. The molecule has 0 bridgehead atoms. The summed E-state index contributed by atoms with van der Waals surface area (Å²) in [6.07, 6.45) is 9.03. The van der Waals surface area contributed by atoms with Crippen molar-refractivity contribution < 1.29 is 35.3 Å². The summed E-state index contributed by atoms with van der Waals surface area (Å²) in [7, 11) is 0. The number of Topliss-reactive ketones (excluding diaryl/α,β-unsaturated/α-hetero) is 1. The normalized spacial score (nSPS) is 18.3. The van der Waals surface area contributed by atoms with E-state index >= 15 is 0 Å². The molecule has 0 aromatic carbocycles. The zero-order chi connectivity index (χ0) is 23.2. The van der Waals surface area contributed by atoms with Gasteiger partial charge in [0.25, 0.3) is 0 Å². The summed E-state index contributed by atoms with van der Waals surface area (Å²) in [6, 6.07) is 2.17. The molecule has 2 aliphatic rings. The predicted octanol–water partition coefficient (Wildman–Crippen LogP) is 2.38. The molecule has 0 spiro atoms. The molecule has 4 heterocycles. The van der Waals surface area contributed by atoms with Crippen LogP contribution in [0.15, 0.2) is 36.5 Å². The minimum absolute atomic E-state index is 0.0468. The van der Waals surface area contributed by atoms with E-state index in [2.05, 4.69) is 44.4 Å². The van der Waals surface area contributed by atoms with Crippen LogP contribution in [0, 0.1) is 6.92 Å². The Labute approximate surface area is 205 Å². The molecule has 1 fully saturated rings. The van der Waals surface area contributed by atoms with Gasteiger partial charge in [0.2, 0.25) is 0 Å². The molecule has 0 radical (unpaired) electrons. The second-order valence-electron chi connectivity index (χ2n) is 8.71. The van der Waals surface area contributed by atoms with E-state index in [-0.39, 0.29) is 38.9 Å². The van der Waals surface area contributed by atoms with Crippen molar-refractivity contribution in [1.29, 1.82) is 0 Å². The van der Waals surface area contributed by atoms with Gasteiger partial charge in [0.05, 0.1) is 11.7 Å². The zero-order valence-corrected chi connectivity index (χ0v) is 21.7. The topological polar surface area (TPSA) is 83.0 Å². The third kappa shape index (κ3) is 6.09. The van der Waals surface area contributed by atoms with Crippen molar-refractivity contribution >= 4 is 11.4 Å². The van der Waals surface area contributed by atoms with E-state index < -0.39 is 0 Å². The molecule has 1 saturated heterocycles. The quantitative estimate of drug-likeness (QED) is 0.344. The van der Waals surface area contributed by atoms with Gasteiger partial charge < -0.3 is 4.74 Å². The SMILES string of the molecule is CC[C@H](CCCC(=O)c1cc(C)nn1C1CCOCC1)c1nc(C2=CC(C)=C[I-]C=C2)no1. The van der Waals surface area contributed by atoms with Crippen molar-refractivity contribution in [3.8, 4) is 0 Å². The fourth-order valence-corrected chi connectivity index (χ4v) is 5.84. The number of ether oxygens (including phenoxy) is 1. The fourth-order valence-electron chi connectivity index (χ4n) is 4.29. The number of aryl methyl sites for hydroxylation is 1. The van der Waals surface area contributed by atoms with E-state index in [1.807, 2.05) is 17.7 Å². The number of allylic oxidation sites excluding steroid dienone is 4. The summed E-state index contributed by atoms with van der Waals surface area (Å²) in [5, 5.41) is 8.85. The van der Waals surface area contributed by atoms with Crippen molar-refractivity contribution in [3.05, 3.63) is 55.1 Å². The number of carbonyl (C=O) groups is 1. The molecule has 1 atom stereocenters. The van der Waals surface area contributed by atoms with E-state index in [1.165, 1.54) is 5.57 Å². The molecule has 0 amide bonds. The Morgan fingerprint density at radius 3 is 2.91 bits per heavy atom. The molecule has 2 aromatic heterocycles. The van der Waals surface area contributed by atoms with Crippen molar-refractivity contribution in [3.63, 3.8) is 0 Å². The maximum atomic E-state index is 13.0. The van der Waals surface area contributed by atoms with Gasteiger partial charge in [0.1, 0.15) is 0 Å². The first-order valence-corrected chi connectivity index (χ1v) is 14.2. The first kappa shape index (κ1) is 24.1. The number of rotatable bonds is 9. The molecule has 2 aliphatic heterocycles. The first-order chi connectivity index (χ1) is 16.0. The Morgan fingerprint density at radius 2 is 2.12 bits per heavy atom. The van der Waals surface area contributed by atoms with E-state index in [0.717, 1.165) is 62.3 Å². The Kier molecular flexibility index (Phi) is 8.29. The van der Waals surface area contributed by atoms with Crippen LogP contribution in [0.5, 0.6) is 0 Å². The van der Waals surface area contributed by atoms with Crippen LogP contribution in [0.2, 0.25) is 0 Å². The number of carbonyl (C=O) groups excluding carboxylic acids is 1. The van der Waals surface area contributed by atoms with Crippen molar-refractivity contribution in [2.75, 3.05) is 13.2 Å². The van der Waals surface area contributed by atoms with Crippen LogP contribution >= 0.6 is 0 Å². The van der Waals surface area contributed by atoms with Crippen LogP contribution < -0.4 is 21.2 Å². The summed E-state index contributed by atoms with van der Waals surface area (Å²) in [6.45, 7) is 7.64.